The van der Waals surface area contributed by atoms with Gasteiger partial charge in [0.2, 0.25) is 5.88 Å². The lowest BCUT2D eigenvalue weighted by Crippen LogP contribution is -2.20. The van der Waals surface area contributed by atoms with E-state index in [0.29, 0.717) is 22.5 Å². The van der Waals surface area contributed by atoms with Gasteiger partial charge < -0.3 is 10.1 Å². The standard InChI is InChI=1S/C33H33ClN6O/c1-20-15-17-40(18-20)19-23-13-14-28(39-33(23)41-4)26-10-5-9-25(30(26)34)24-8-6-11-27(21(24)2)38-32-31-29(12-7-16-35-31)36-22(3)37-32/h5-14,16,20H,15,17-19H2,1-4H3,(H,36,37,38)/t20-/m0/s1. The lowest BCUT2D eigenvalue weighted by atomic mass is 9.96. The zero-order valence-electron chi connectivity index (χ0n) is 23.8. The zero-order chi connectivity index (χ0) is 28.5. The van der Waals surface area contributed by atoms with Gasteiger partial charge in [0, 0.05) is 41.7 Å². The molecule has 41 heavy (non-hydrogen) atoms. The van der Waals surface area contributed by atoms with E-state index in [2.05, 4.69) is 51.1 Å². The summed E-state index contributed by atoms with van der Waals surface area (Å²) in [5, 5.41) is 4.14. The minimum Gasteiger partial charge on any atom is -0.481 e. The minimum absolute atomic E-state index is 0.645. The van der Waals surface area contributed by atoms with E-state index < -0.39 is 0 Å². The number of hydrogen-bond acceptors (Lipinski definition) is 7. The van der Waals surface area contributed by atoms with Crippen LogP contribution in [0, 0.1) is 19.8 Å². The Hall–Kier alpha value is -4.07. The Morgan fingerprint density at radius 1 is 0.951 bits per heavy atom. The number of pyridine rings is 2. The number of nitrogens with one attached hydrogen (secondary N) is 1. The van der Waals surface area contributed by atoms with E-state index in [1.54, 1.807) is 13.3 Å². The Balaban J connectivity index is 1.33. The van der Waals surface area contributed by atoms with E-state index in [4.69, 9.17) is 21.3 Å². The molecule has 0 unspecified atom stereocenters. The Morgan fingerprint density at radius 3 is 2.56 bits per heavy atom. The Morgan fingerprint density at radius 2 is 1.76 bits per heavy atom. The normalized spacial score (nSPS) is 15.4. The molecule has 1 fully saturated rings. The molecular formula is C33H33ClN6O. The largest absolute Gasteiger partial charge is 0.481 e. The Bertz CT molecular complexity index is 1740. The van der Waals surface area contributed by atoms with Crippen LogP contribution in [-0.4, -0.2) is 45.0 Å². The molecule has 3 aromatic heterocycles. The number of aryl methyl sites for hydroxylation is 1. The van der Waals surface area contributed by atoms with Gasteiger partial charge in [-0.1, -0.05) is 54.9 Å². The van der Waals surface area contributed by atoms with Gasteiger partial charge in [0.05, 0.1) is 23.3 Å². The van der Waals surface area contributed by atoms with E-state index in [9.17, 15) is 0 Å². The van der Waals surface area contributed by atoms with Crippen LogP contribution in [-0.2, 0) is 6.54 Å². The number of rotatable bonds is 7. The summed E-state index contributed by atoms with van der Waals surface area (Å²) in [5.41, 5.74) is 8.20. The van der Waals surface area contributed by atoms with Crippen LogP contribution >= 0.6 is 11.6 Å². The minimum atomic E-state index is 0.645. The first kappa shape index (κ1) is 27.1. The fourth-order valence-electron chi connectivity index (χ4n) is 5.63. The predicted molar refractivity (Wildman–Crippen MR) is 166 cm³/mol. The molecule has 4 heterocycles. The third-order valence-electron chi connectivity index (χ3n) is 7.75. The molecule has 6 rings (SSSR count). The molecule has 0 spiro atoms. The summed E-state index contributed by atoms with van der Waals surface area (Å²) >= 11 is 7.11. The van der Waals surface area contributed by atoms with Crippen LogP contribution in [0.25, 0.3) is 33.4 Å². The SMILES string of the molecule is COc1nc(-c2cccc(-c3cccc(Nc4nc(C)nc5cccnc45)c3C)c2Cl)ccc1CN1CC[C@H](C)C1. The van der Waals surface area contributed by atoms with Crippen molar-refractivity contribution >= 4 is 34.1 Å². The Labute approximate surface area is 245 Å². The third kappa shape index (κ3) is 5.47. The second-order valence-electron chi connectivity index (χ2n) is 10.8. The number of nitrogens with zero attached hydrogens (tertiary/aromatic N) is 5. The smallest absolute Gasteiger partial charge is 0.218 e. The monoisotopic (exact) mass is 564 g/mol. The molecule has 5 aromatic rings. The molecule has 0 aliphatic carbocycles. The van der Waals surface area contributed by atoms with E-state index in [-0.39, 0.29) is 0 Å². The van der Waals surface area contributed by atoms with Crippen LogP contribution in [0.1, 0.15) is 30.3 Å². The van der Waals surface area contributed by atoms with E-state index in [1.807, 2.05) is 55.5 Å². The van der Waals surface area contributed by atoms with Gasteiger partial charge in [0.15, 0.2) is 5.82 Å². The number of aromatic nitrogens is 4. The van der Waals surface area contributed by atoms with Gasteiger partial charge in [-0.25, -0.2) is 15.0 Å². The molecule has 208 valence electrons. The van der Waals surface area contributed by atoms with Crippen molar-refractivity contribution in [1.82, 2.24) is 24.8 Å². The molecule has 0 radical (unpaired) electrons. The van der Waals surface area contributed by atoms with Crippen molar-refractivity contribution in [2.24, 2.45) is 5.92 Å². The molecular weight excluding hydrogens is 532 g/mol. The molecule has 8 heteroatoms. The van der Waals surface area contributed by atoms with Crippen LogP contribution in [0.4, 0.5) is 11.5 Å². The molecule has 1 saturated heterocycles. The number of benzene rings is 2. The van der Waals surface area contributed by atoms with Crippen LogP contribution in [0.2, 0.25) is 5.02 Å². The van der Waals surface area contributed by atoms with Crippen molar-refractivity contribution in [3.05, 3.63) is 88.8 Å². The molecule has 0 amide bonds. The lowest BCUT2D eigenvalue weighted by molar-refractivity contribution is 0.308. The highest BCUT2D eigenvalue weighted by molar-refractivity contribution is 6.36. The number of methoxy groups -OCH3 is 1. The van der Waals surface area contributed by atoms with Crippen LogP contribution in [0.3, 0.4) is 0 Å². The third-order valence-corrected chi connectivity index (χ3v) is 8.16. The second kappa shape index (κ2) is 11.4. The number of likely N-dealkylation sites (tertiary alicyclic amines) is 1. The number of hydrogen-bond donors (Lipinski definition) is 1. The highest BCUT2D eigenvalue weighted by atomic mass is 35.5. The maximum Gasteiger partial charge on any atom is 0.218 e. The fraction of sp³-hybridized carbons (Fsp3) is 0.273. The highest BCUT2D eigenvalue weighted by Crippen LogP contribution is 2.40. The lowest BCUT2D eigenvalue weighted by Gasteiger charge is -2.18. The highest BCUT2D eigenvalue weighted by Gasteiger charge is 2.21. The second-order valence-corrected chi connectivity index (χ2v) is 11.1. The van der Waals surface area contributed by atoms with Gasteiger partial charge in [-0.2, -0.15) is 0 Å². The number of halogens is 1. The van der Waals surface area contributed by atoms with Crippen molar-refractivity contribution in [1.29, 1.82) is 0 Å². The van der Waals surface area contributed by atoms with Gasteiger partial charge >= 0.3 is 0 Å². The van der Waals surface area contributed by atoms with Gasteiger partial charge in [0.25, 0.3) is 0 Å². The maximum absolute atomic E-state index is 7.11. The molecule has 7 nitrogen and oxygen atoms in total. The Kier molecular flexibility index (Phi) is 7.56. The summed E-state index contributed by atoms with van der Waals surface area (Å²) < 4.78 is 5.73. The summed E-state index contributed by atoms with van der Waals surface area (Å²) in [6, 6.07) is 20.2. The molecule has 1 aliphatic heterocycles. The first-order chi connectivity index (χ1) is 19.9. The number of fused-ring (bicyclic) bond motifs is 1. The van der Waals surface area contributed by atoms with Crippen molar-refractivity contribution in [2.75, 3.05) is 25.5 Å². The summed E-state index contributed by atoms with van der Waals surface area (Å²) in [7, 11) is 1.68. The van der Waals surface area contributed by atoms with Crippen LogP contribution < -0.4 is 10.1 Å². The first-order valence-corrected chi connectivity index (χ1v) is 14.3. The number of ether oxygens (including phenoxy) is 1. The molecule has 0 bridgehead atoms. The van der Waals surface area contributed by atoms with Gasteiger partial charge in [-0.3, -0.25) is 9.88 Å². The quantitative estimate of drug-likeness (QED) is 0.218. The average Bonchev–Trinajstić information content (AvgIpc) is 3.39. The molecule has 1 aliphatic rings. The van der Waals surface area contributed by atoms with Crippen molar-refractivity contribution in [3.8, 4) is 28.3 Å². The summed E-state index contributed by atoms with van der Waals surface area (Å²) in [4.78, 5) is 21.0. The van der Waals surface area contributed by atoms with Crippen molar-refractivity contribution in [3.63, 3.8) is 0 Å². The fourth-order valence-corrected chi connectivity index (χ4v) is 5.95. The summed E-state index contributed by atoms with van der Waals surface area (Å²) in [6.45, 7) is 9.32. The van der Waals surface area contributed by atoms with Gasteiger partial charge in [-0.05, 0) is 68.1 Å². The van der Waals surface area contributed by atoms with E-state index >= 15 is 0 Å². The molecule has 0 saturated carbocycles. The first-order valence-electron chi connectivity index (χ1n) is 13.9. The van der Waals surface area contributed by atoms with Crippen molar-refractivity contribution in [2.45, 2.75) is 33.7 Å². The van der Waals surface area contributed by atoms with E-state index in [1.165, 1.54) is 6.42 Å². The van der Waals surface area contributed by atoms with Gasteiger partial charge in [0.1, 0.15) is 11.3 Å². The topological polar surface area (TPSA) is 76.1 Å². The number of anilines is 2. The van der Waals surface area contributed by atoms with Crippen molar-refractivity contribution < 1.29 is 4.74 Å². The maximum atomic E-state index is 7.11. The van der Waals surface area contributed by atoms with Crippen LogP contribution in [0.5, 0.6) is 5.88 Å². The summed E-state index contributed by atoms with van der Waals surface area (Å²) in [5.74, 6) is 2.73. The van der Waals surface area contributed by atoms with Crippen LogP contribution in [0.15, 0.2) is 66.9 Å². The van der Waals surface area contributed by atoms with E-state index in [0.717, 1.165) is 75.8 Å². The molecule has 1 N–H and O–H groups in total. The average molecular weight is 565 g/mol. The summed E-state index contributed by atoms with van der Waals surface area (Å²) in [6.07, 6.45) is 2.99. The zero-order valence-corrected chi connectivity index (χ0v) is 24.5. The predicted octanol–water partition coefficient (Wildman–Crippen LogP) is 7.62. The van der Waals surface area contributed by atoms with Gasteiger partial charge in [-0.15, -0.1) is 0 Å². The molecule has 1 atom stereocenters. The molecule has 2 aromatic carbocycles.